The molecule has 0 saturated heterocycles. The molecule has 1 rings (SSSR count). The summed E-state index contributed by atoms with van der Waals surface area (Å²) in [7, 11) is 0. The predicted molar refractivity (Wildman–Crippen MR) is 59.0 cm³/mol. The lowest BCUT2D eigenvalue weighted by Crippen LogP contribution is -2.40. The van der Waals surface area contributed by atoms with Crippen molar-refractivity contribution < 1.29 is 4.79 Å². The molecule has 14 heavy (non-hydrogen) atoms. The van der Waals surface area contributed by atoms with Gasteiger partial charge in [-0.25, -0.2) is 0 Å². The van der Waals surface area contributed by atoms with E-state index < -0.39 is 0 Å². The summed E-state index contributed by atoms with van der Waals surface area (Å²) in [4.78, 5) is 12.2. The van der Waals surface area contributed by atoms with E-state index in [4.69, 9.17) is 5.73 Å². The lowest BCUT2D eigenvalue weighted by atomic mass is 10.1. The van der Waals surface area contributed by atoms with Crippen molar-refractivity contribution in [3.8, 4) is 0 Å². The Morgan fingerprint density at radius 3 is 3.00 bits per heavy atom. The van der Waals surface area contributed by atoms with Gasteiger partial charge in [-0.3, -0.25) is 4.79 Å². The van der Waals surface area contributed by atoms with Crippen molar-refractivity contribution in [2.45, 2.75) is 32.4 Å². The Morgan fingerprint density at radius 1 is 1.71 bits per heavy atom. The van der Waals surface area contributed by atoms with Crippen LogP contribution < -0.4 is 11.1 Å². The number of rotatable bonds is 6. The first kappa shape index (κ1) is 11.2. The minimum absolute atomic E-state index is 0.193. The van der Waals surface area contributed by atoms with Crippen LogP contribution in [0.5, 0.6) is 0 Å². The zero-order chi connectivity index (χ0) is 10.4. The summed E-state index contributed by atoms with van der Waals surface area (Å²) < 4.78 is 0. The second-order valence-corrected chi connectivity index (χ2v) is 4.24. The van der Waals surface area contributed by atoms with Crippen molar-refractivity contribution in [1.29, 1.82) is 0 Å². The average molecular weight is 212 g/mol. The van der Waals surface area contributed by atoms with E-state index in [0.717, 1.165) is 19.4 Å². The van der Waals surface area contributed by atoms with Gasteiger partial charge in [0.2, 0.25) is 5.91 Å². The fourth-order valence-electron chi connectivity index (χ4n) is 1.27. The molecule has 3 nitrogen and oxygen atoms in total. The van der Waals surface area contributed by atoms with Crippen molar-refractivity contribution in [1.82, 2.24) is 5.32 Å². The highest BCUT2D eigenvalue weighted by Gasteiger charge is 2.12. The number of nitrogens with one attached hydrogen (secondary N) is 1. The van der Waals surface area contributed by atoms with Gasteiger partial charge >= 0.3 is 0 Å². The van der Waals surface area contributed by atoms with Gasteiger partial charge in [0.25, 0.3) is 0 Å². The third-order valence-electron chi connectivity index (χ3n) is 2.02. The van der Waals surface area contributed by atoms with E-state index in [9.17, 15) is 4.79 Å². The summed E-state index contributed by atoms with van der Waals surface area (Å²) in [6.07, 6.45) is 1.77. The zero-order valence-corrected chi connectivity index (χ0v) is 9.14. The van der Waals surface area contributed by atoms with Crippen LogP contribution >= 0.6 is 11.3 Å². The van der Waals surface area contributed by atoms with Crippen LogP contribution in [0.1, 0.15) is 24.6 Å². The normalized spacial score (nSPS) is 12.6. The van der Waals surface area contributed by atoms with Gasteiger partial charge in [0.1, 0.15) is 0 Å². The monoisotopic (exact) mass is 212 g/mol. The predicted octanol–water partition coefficient (Wildman–Crippen LogP) is 1.49. The average Bonchev–Trinajstić information content (AvgIpc) is 2.64. The number of hydrogen-bond acceptors (Lipinski definition) is 3. The number of thiophene rings is 1. The van der Waals surface area contributed by atoms with Gasteiger partial charge in [0.05, 0.1) is 6.04 Å². The highest BCUT2D eigenvalue weighted by Crippen LogP contribution is 2.08. The van der Waals surface area contributed by atoms with Gasteiger partial charge in [0.15, 0.2) is 0 Å². The van der Waals surface area contributed by atoms with E-state index in [0.29, 0.717) is 0 Å². The van der Waals surface area contributed by atoms with E-state index in [2.05, 4.69) is 5.32 Å². The molecular weight excluding hydrogens is 196 g/mol. The van der Waals surface area contributed by atoms with Crippen LogP contribution in [0.3, 0.4) is 0 Å². The number of carbonyl (C=O) groups is 1. The Bertz CT molecular complexity index is 272. The topological polar surface area (TPSA) is 55.1 Å². The van der Waals surface area contributed by atoms with Crippen molar-refractivity contribution in [2.24, 2.45) is 5.73 Å². The molecule has 0 radical (unpaired) electrons. The van der Waals surface area contributed by atoms with Gasteiger partial charge in [-0.15, -0.1) is 11.3 Å². The molecule has 4 heteroatoms. The number of amides is 1. The Labute approximate surface area is 88.3 Å². The molecule has 0 aromatic carbocycles. The molecule has 0 bridgehead atoms. The molecular formula is C10H16N2OS. The highest BCUT2D eigenvalue weighted by molar-refractivity contribution is 7.09. The molecule has 0 spiro atoms. The third kappa shape index (κ3) is 3.47. The van der Waals surface area contributed by atoms with Crippen LogP contribution in [0, 0.1) is 0 Å². The van der Waals surface area contributed by atoms with Crippen LogP contribution in [0.25, 0.3) is 0 Å². The summed E-state index contributed by atoms with van der Waals surface area (Å²) >= 11 is 1.68. The molecule has 1 unspecified atom stereocenters. The number of primary amides is 1. The summed E-state index contributed by atoms with van der Waals surface area (Å²) in [6.45, 7) is 2.77. The van der Waals surface area contributed by atoms with Crippen molar-refractivity contribution in [3.63, 3.8) is 0 Å². The van der Waals surface area contributed by atoms with Crippen LogP contribution in [0.2, 0.25) is 0 Å². The van der Waals surface area contributed by atoms with E-state index in [1.807, 2.05) is 24.4 Å². The lowest BCUT2D eigenvalue weighted by molar-refractivity contribution is -0.120. The largest absolute Gasteiger partial charge is 0.368 e. The maximum Gasteiger partial charge on any atom is 0.234 e. The second kappa shape index (κ2) is 5.78. The van der Waals surface area contributed by atoms with Crippen LogP contribution in [-0.4, -0.2) is 11.9 Å². The quantitative estimate of drug-likeness (QED) is 0.750. The zero-order valence-electron chi connectivity index (χ0n) is 8.32. The Morgan fingerprint density at radius 2 is 2.50 bits per heavy atom. The van der Waals surface area contributed by atoms with Gasteiger partial charge in [0, 0.05) is 11.4 Å². The Balaban J connectivity index is 2.37. The molecule has 78 valence electrons. The lowest BCUT2D eigenvalue weighted by Gasteiger charge is -2.13. The first-order valence-corrected chi connectivity index (χ1v) is 5.67. The summed E-state index contributed by atoms with van der Waals surface area (Å²) in [5.41, 5.74) is 5.26. The molecule has 0 fully saturated rings. The van der Waals surface area contributed by atoms with Crippen LogP contribution in [0.4, 0.5) is 0 Å². The van der Waals surface area contributed by atoms with Crippen molar-refractivity contribution >= 4 is 17.2 Å². The molecule has 3 N–H and O–H groups in total. The minimum atomic E-state index is -0.261. The SMILES string of the molecule is CCCC(NCc1cccs1)C(N)=O. The fourth-order valence-corrected chi connectivity index (χ4v) is 1.93. The van der Waals surface area contributed by atoms with Gasteiger partial charge in [-0.2, -0.15) is 0 Å². The Kier molecular flexibility index (Phi) is 4.62. The van der Waals surface area contributed by atoms with Crippen LogP contribution in [-0.2, 0) is 11.3 Å². The standard InChI is InChI=1S/C10H16N2OS/c1-2-4-9(10(11)13)12-7-8-5-3-6-14-8/h3,5-6,9,12H,2,4,7H2,1H3,(H2,11,13). The molecule has 1 heterocycles. The summed E-state index contributed by atoms with van der Waals surface area (Å²) in [5, 5.41) is 5.18. The van der Waals surface area contributed by atoms with E-state index >= 15 is 0 Å². The van der Waals surface area contributed by atoms with E-state index in [-0.39, 0.29) is 11.9 Å². The number of nitrogens with two attached hydrogens (primary N) is 1. The molecule has 1 aromatic rings. The maximum absolute atomic E-state index is 11.0. The molecule has 1 atom stereocenters. The molecule has 0 aliphatic carbocycles. The summed E-state index contributed by atoms with van der Waals surface area (Å²) in [5.74, 6) is -0.261. The first-order valence-electron chi connectivity index (χ1n) is 4.79. The maximum atomic E-state index is 11.0. The molecule has 0 aliphatic rings. The first-order chi connectivity index (χ1) is 6.74. The van der Waals surface area contributed by atoms with Crippen LogP contribution in [0.15, 0.2) is 17.5 Å². The highest BCUT2D eigenvalue weighted by atomic mass is 32.1. The van der Waals surface area contributed by atoms with E-state index in [1.54, 1.807) is 11.3 Å². The third-order valence-corrected chi connectivity index (χ3v) is 2.90. The van der Waals surface area contributed by atoms with E-state index in [1.165, 1.54) is 4.88 Å². The number of carbonyl (C=O) groups excluding carboxylic acids is 1. The van der Waals surface area contributed by atoms with Gasteiger partial charge in [-0.1, -0.05) is 19.4 Å². The van der Waals surface area contributed by atoms with Crippen molar-refractivity contribution in [3.05, 3.63) is 22.4 Å². The summed E-state index contributed by atoms with van der Waals surface area (Å²) in [6, 6.07) is 3.85. The molecule has 0 saturated carbocycles. The minimum Gasteiger partial charge on any atom is -0.368 e. The Hall–Kier alpha value is -0.870. The smallest absolute Gasteiger partial charge is 0.234 e. The second-order valence-electron chi connectivity index (χ2n) is 3.20. The van der Waals surface area contributed by atoms with Gasteiger partial charge in [-0.05, 0) is 17.9 Å². The molecule has 0 aliphatic heterocycles. The molecule has 1 amide bonds. The van der Waals surface area contributed by atoms with Gasteiger partial charge < -0.3 is 11.1 Å². The number of hydrogen-bond donors (Lipinski definition) is 2. The fraction of sp³-hybridized carbons (Fsp3) is 0.500. The molecule has 1 aromatic heterocycles. The van der Waals surface area contributed by atoms with Crippen molar-refractivity contribution in [2.75, 3.05) is 0 Å².